The van der Waals surface area contributed by atoms with Gasteiger partial charge in [-0.3, -0.25) is 0 Å². The highest BCUT2D eigenvalue weighted by Gasteiger charge is 2.59. The molecule has 0 aliphatic heterocycles. The van der Waals surface area contributed by atoms with E-state index in [1.54, 1.807) is 12.4 Å². The van der Waals surface area contributed by atoms with Gasteiger partial charge in [-0.25, -0.2) is 14.8 Å². The average molecular weight is 505 g/mol. The third kappa shape index (κ3) is 4.61. The van der Waals surface area contributed by atoms with Gasteiger partial charge in [-0.2, -0.15) is 0 Å². The summed E-state index contributed by atoms with van der Waals surface area (Å²) < 4.78 is 6.14. The average Bonchev–Trinajstić information content (AvgIpc) is 3.20. The van der Waals surface area contributed by atoms with Gasteiger partial charge in [-0.15, -0.1) is 0 Å². The number of nitrogens with zero attached hydrogens (tertiary/aromatic N) is 2. The van der Waals surface area contributed by atoms with Gasteiger partial charge in [0, 0.05) is 17.8 Å². The molecule has 2 saturated carbocycles. The highest BCUT2D eigenvalue weighted by molar-refractivity contribution is 5.88. The van der Waals surface area contributed by atoms with Gasteiger partial charge in [0.05, 0.1) is 5.56 Å². The normalized spacial score (nSPS) is 36.3. The fourth-order valence-electron chi connectivity index (χ4n) is 9.42. The third-order valence-corrected chi connectivity index (χ3v) is 11.4. The Morgan fingerprint density at radius 3 is 2.51 bits per heavy atom. The summed E-state index contributed by atoms with van der Waals surface area (Å²) >= 11 is 0. The number of carbonyl (C=O) groups is 1. The number of aromatic nitrogens is 2. The van der Waals surface area contributed by atoms with E-state index in [0.29, 0.717) is 16.9 Å². The summed E-state index contributed by atoms with van der Waals surface area (Å²) in [4.78, 5) is 20.9. The largest absolute Gasteiger partial charge is 0.458 e. The minimum atomic E-state index is -0.284. The van der Waals surface area contributed by atoms with E-state index in [9.17, 15) is 4.79 Å². The summed E-state index contributed by atoms with van der Waals surface area (Å²) in [5, 5.41) is 0. The summed E-state index contributed by atoms with van der Waals surface area (Å²) in [6.07, 6.45) is 20.9. The molecule has 0 saturated heterocycles. The molecule has 202 valence electrons. The van der Waals surface area contributed by atoms with Crippen molar-refractivity contribution in [2.45, 2.75) is 118 Å². The minimum absolute atomic E-state index is 0.0548. The van der Waals surface area contributed by atoms with Crippen LogP contribution in [0.2, 0.25) is 0 Å². The van der Waals surface area contributed by atoms with Crippen LogP contribution in [-0.4, -0.2) is 22.0 Å². The van der Waals surface area contributed by atoms with Crippen molar-refractivity contribution in [2.75, 3.05) is 0 Å². The molecule has 0 radical (unpaired) electrons. The first-order chi connectivity index (χ1) is 17.6. The van der Waals surface area contributed by atoms with Gasteiger partial charge in [-0.05, 0) is 113 Å². The molecule has 1 heterocycles. The maximum Gasteiger partial charge on any atom is 0.341 e. The molecule has 0 bridgehead atoms. The number of hydrogen-bond acceptors (Lipinski definition) is 4. The van der Waals surface area contributed by atoms with E-state index >= 15 is 0 Å². The molecule has 37 heavy (non-hydrogen) atoms. The molecule has 1 aromatic rings. The number of allylic oxidation sites excluding steroid dienone is 4. The molecular weight excluding hydrogens is 456 g/mol. The Morgan fingerprint density at radius 2 is 1.78 bits per heavy atom. The van der Waals surface area contributed by atoms with Crippen LogP contribution in [0.3, 0.4) is 0 Å². The fourth-order valence-corrected chi connectivity index (χ4v) is 9.42. The molecule has 2 fully saturated rings. The second-order valence-electron chi connectivity index (χ2n) is 13.9. The zero-order valence-corrected chi connectivity index (χ0v) is 24.1. The van der Waals surface area contributed by atoms with Crippen LogP contribution in [0.1, 0.15) is 123 Å². The number of unbranched alkanes of at least 4 members (excludes halogenated alkanes) is 1. The maximum atomic E-state index is 12.9. The molecule has 4 aliphatic carbocycles. The molecule has 0 N–H and O–H groups in total. The minimum Gasteiger partial charge on any atom is -0.458 e. The van der Waals surface area contributed by atoms with Crippen LogP contribution in [0.5, 0.6) is 0 Å². The topological polar surface area (TPSA) is 52.1 Å². The van der Waals surface area contributed by atoms with Gasteiger partial charge in [0.1, 0.15) is 12.4 Å². The van der Waals surface area contributed by atoms with Crippen molar-refractivity contribution < 1.29 is 9.53 Å². The molecule has 5 rings (SSSR count). The van der Waals surface area contributed by atoms with Crippen molar-refractivity contribution in [3.8, 4) is 0 Å². The van der Waals surface area contributed by atoms with Crippen LogP contribution in [0, 0.1) is 34.0 Å². The van der Waals surface area contributed by atoms with Gasteiger partial charge in [0.25, 0.3) is 0 Å². The Bertz CT molecular complexity index is 1070. The van der Waals surface area contributed by atoms with Crippen LogP contribution < -0.4 is 0 Å². The summed E-state index contributed by atoms with van der Waals surface area (Å²) in [7, 11) is 0. The number of hydrogen-bond donors (Lipinski definition) is 0. The fraction of sp³-hybridized carbons (Fsp3) is 0.727. The Morgan fingerprint density at radius 1 is 1.03 bits per heavy atom. The number of fused-ring (bicyclic) bond motifs is 4. The van der Waals surface area contributed by atoms with Gasteiger partial charge in [-0.1, -0.05) is 50.5 Å². The quantitative estimate of drug-likeness (QED) is 0.221. The first-order valence-corrected chi connectivity index (χ1v) is 14.9. The standard InChI is InChI=1S/C33H48N2O2/c1-22(2)9-7-8-10-24-11-13-26-25-12-14-28-31(3,4)29(37-30(36)23-19-34-21-35-20-23)16-18-33(28,6)27(25)15-17-32(24,26)5/h9,19-21,24,26,28-29H,7-8,10-18H2,1-6H3. The second-order valence-corrected chi connectivity index (χ2v) is 13.9. The SMILES string of the molecule is CC(C)=CCCCC1CCC2C3=C(CCC12C)C1(C)CCC(OC(=O)c2cncnc2)C(C)(C)C1CC3. The molecule has 4 nitrogen and oxygen atoms in total. The first-order valence-electron chi connectivity index (χ1n) is 14.9. The Labute approximate surface area is 224 Å². The molecule has 4 heteroatoms. The van der Waals surface area contributed by atoms with Gasteiger partial charge in [0.15, 0.2) is 0 Å². The summed E-state index contributed by atoms with van der Waals surface area (Å²) in [6, 6.07) is 0. The van der Waals surface area contributed by atoms with E-state index in [0.717, 1.165) is 24.7 Å². The van der Waals surface area contributed by atoms with E-state index in [-0.39, 0.29) is 22.9 Å². The van der Waals surface area contributed by atoms with Gasteiger partial charge in [0.2, 0.25) is 0 Å². The van der Waals surface area contributed by atoms with Crippen LogP contribution >= 0.6 is 0 Å². The molecule has 0 amide bonds. The monoisotopic (exact) mass is 504 g/mol. The number of carbonyl (C=O) groups excluding carboxylic acids is 1. The lowest BCUT2D eigenvalue weighted by Crippen LogP contribution is -2.54. The molecule has 6 atom stereocenters. The lowest BCUT2D eigenvalue weighted by molar-refractivity contribution is -0.101. The predicted molar refractivity (Wildman–Crippen MR) is 149 cm³/mol. The van der Waals surface area contributed by atoms with E-state index in [1.165, 1.54) is 69.7 Å². The zero-order valence-electron chi connectivity index (χ0n) is 24.1. The van der Waals surface area contributed by atoms with Crippen molar-refractivity contribution in [2.24, 2.45) is 34.0 Å². The Kier molecular flexibility index (Phi) is 7.17. The molecule has 0 aromatic carbocycles. The zero-order chi connectivity index (χ0) is 26.4. The van der Waals surface area contributed by atoms with E-state index in [1.807, 2.05) is 11.1 Å². The van der Waals surface area contributed by atoms with Crippen molar-refractivity contribution in [1.29, 1.82) is 0 Å². The van der Waals surface area contributed by atoms with Crippen LogP contribution in [0.4, 0.5) is 0 Å². The summed E-state index contributed by atoms with van der Waals surface area (Å²) in [5.74, 6) is 1.94. The van der Waals surface area contributed by atoms with Gasteiger partial charge >= 0.3 is 5.97 Å². The van der Waals surface area contributed by atoms with Crippen molar-refractivity contribution in [1.82, 2.24) is 9.97 Å². The molecule has 4 aliphatic rings. The number of ether oxygens (including phenoxy) is 1. The Hall–Kier alpha value is -1.97. The van der Waals surface area contributed by atoms with E-state index < -0.39 is 0 Å². The highest BCUT2D eigenvalue weighted by Crippen LogP contribution is 2.67. The van der Waals surface area contributed by atoms with Crippen molar-refractivity contribution in [3.05, 3.63) is 47.1 Å². The van der Waals surface area contributed by atoms with E-state index in [4.69, 9.17) is 4.74 Å². The smallest absolute Gasteiger partial charge is 0.341 e. The molecule has 1 aromatic heterocycles. The highest BCUT2D eigenvalue weighted by atomic mass is 16.5. The Balaban J connectivity index is 1.33. The van der Waals surface area contributed by atoms with E-state index in [2.05, 4.69) is 57.6 Å². The second kappa shape index (κ2) is 9.97. The lowest BCUT2D eigenvalue weighted by atomic mass is 9.46. The van der Waals surface area contributed by atoms with Crippen LogP contribution in [0.15, 0.2) is 41.5 Å². The molecule has 0 spiro atoms. The van der Waals surface area contributed by atoms with Crippen LogP contribution in [0.25, 0.3) is 0 Å². The van der Waals surface area contributed by atoms with Crippen molar-refractivity contribution in [3.63, 3.8) is 0 Å². The third-order valence-electron chi connectivity index (χ3n) is 11.4. The van der Waals surface area contributed by atoms with Crippen LogP contribution in [-0.2, 0) is 4.74 Å². The maximum absolute atomic E-state index is 12.9. The number of esters is 1. The lowest BCUT2D eigenvalue weighted by Gasteiger charge is -2.60. The summed E-state index contributed by atoms with van der Waals surface area (Å²) in [6.45, 7) is 14.3. The molecule has 6 unspecified atom stereocenters. The summed E-state index contributed by atoms with van der Waals surface area (Å²) in [5.41, 5.74) is 6.24. The van der Waals surface area contributed by atoms with Gasteiger partial charge < -0.3 is 4.74 Å². The first kappa shape index (κ1) is 26.6. The predicted octanol–water partition coefficient (Wildman–Crippen LogP) is 8.50. The van der Waals surface area contributed by atoms with Crippen molar-refractivity contribution >= 4 is 5.97 Å². The number of rotatable bonds is 6. The molecular formula is C33H48N2O2.